The van der Waals surface area contributed by atoms with E-state index in [-0.39, 0.29) is 5.75 Å². The van der Waals surface area contributed by atoms with Crippen LogP contribution in [0.5, 0.6) is 0 Å². The summed E-state index contributed by atoms with van der Waals surface area (Å²) in [5.41, 5.74) is -0.476. The second-order valence-corrected chi connectivity index (χ2v) is 4.74. The zero-order chi connectivity index (χ0) is 9.07. The van der Waals surface area contributed by atoms with Gasteiger partial charge in [0.25, 0.3) is 0 Å². The van der Waals surface area contributed by atoms with Crippen molar-refractivity contribution in [2.45, 2.75) is 26.4 Å². The van der Waals surface area contributed by atoms with E-state index in [1.165, 1.54) is 6.26 Å². The van der Waals surface area contributed by atoms with Gasteiger partial charge in [0.15, 0.2) is 0 Å². The van der Waals surface area contributed by atoms with Crippen molar-refractivity contribution in [2.24, 2.45) is 0 Å². The summed E-state index contributed by atoms with van der Waals surface area (Å²) >= 11 is -1.10. The molecule has 0 bridgehead atoms. The minimum Gasteiger partial charge on any atom is -0.616 e. The van der Waals surface area contributed by atoms with Crippen molar-refractivity contribution in [3.05, 3.63) is 0 Å². The summed E-state index contributed by atoms with van der Waals surface area (Å²) in [5, 5.41) is 0. The van der Waals surface area contributed by atoms with Gasteiger partial charge in [-0.2, -0.15) is 0 Å². The maximum absolute atomic E-state index is 10.9. The zero-order valence-corrected chi connectivity index (χ0v) is 8.16. The molecule has 0 rings (SSSR count). The lowest BCUT2D eigenvalue weighted by Crippen LogP contribution is -2.28. The minimum absolute atomic E-state index is 0.0166. The van der Waals surface area contributed by atoms with E-state index >= 15 is 0 Å². The minimum atomic E-state index is -1.10. The molecule has 0 amide bonds. The third-order valence-electron chi connectivity index (χ3n) is 0.741. The summed E-state index contributed by atoms with van der Waals surface area (Å²) in [5.74, 6) is -0.421. The van der Waals surface area contributed by atoms with Crippen LogP contribution in [0, 0.1) is 0 Å². The van der Waals surface area contributed by atoms with Gasteiger partial charge in [0.2, 0.25) is 5.75 Å². The number of ether oxygens (including phenoxy) is 1. The lowest BCUT2D eigenvalue weighted by atomic mass is 10.2. The molecular formula is C7H14O3S. The molecule has 66 valence electrons. The molecule has 0 N–H and O–H groups in total. The van der Waals surface area contributed by atoms with Crippen molar-refractivity contribution in [3.8, 4) is 0 Å². The van der Waals surface area contributed by atoms with Gasteiger partial charge in [-0.05, 0) is 31.9 Å². The van der Waals surface area contributed by atoms with Crippen LogP contribution in [-0.4, -0.2) is 28.1 Å². The Morgan fingerprint density at radius 3 is 2.27 bits per heavy atom. The number of esters is 1. The fourth-order valence-corrected chi connectivity index (χ4v) is 0.928. The number of rotatable bonds is 2. The first-order chi connectivity index (χ1) is 4.81. The van der Waals surface area contributed by atoms with Crippen molar-refractivity contribution in [3.63, 3.8) is 0 Å². The Kier molecular flexibility index (Phi) is 3.89. The highest BCUT2D eigenvalue weighted by Gasteiger charge is 2.18. The second-order valence-electron chi connectivity index (χ2n) is 3.30. The normalized spacial score (nSPS) is 14.3. The van der Waals surface area contributed by atoms with Gasteiger partial charge in [-0.25, -0.2) is 4.79 Å². The van der Waals surface area contributed by atoms with Gasteiger partial charge in [0.05, 0.1) is 6.26 Å². The third kappa shape index (κ3) is 7.68. The zero-order valence-electron chi connectivity index (χ0n) is 7.34. The molecule has 3 nitrogen and oxygen atoms in total. The number of hydrogen-bond donors (Lipinski definition) is 0. The third-order valence-corrected chi connectivity index (χ3v) is 1.38. The highest BCUT2D eigenvalue weighted by molar-refractivity contribution is 7.91. The molecule has 1 atom stereocenters. The summed E-state index contributed by atoms with van der Waals surface area (Å²) in [6.45, 7) is 5.34. The summed E-state index contributed by atoms with van der Waals surface area (Å²) in [7, 11) is 0. The largest absolute Gasteiger partial charge is 0.616 e. The first kappa shape index (κ1) is 10.8. The lowest BCUT2D eigenvalue weighted by molar-refractivity contribution is -0.151. The summed E-state index contributed by atoms with van der Waals surface area (Å²) < 4.78 is 15.5. The molecule has 0 aliphatic carbocycles. The Morgan fingerprint density at radius 2 is 2.00 bits per heavy atom. The van der Waals surface area contributed by atoms with Gasteiger partial charge in [-0.3, -0.25) is 0 Å². The van der Waals surface area contributed by atoms with Crippen molar-refractivity contribution in [1.82, 2.24) is 0 Å². The Balaban J connectivity index is 3.71. The Morgan fingerprint density at radius 1 is 1.55 bits per heavy atom. The van der Waals surface area contributed by atoms with Crippen molar-refractivity contribution in [2.75, 3.05) is 12.0 Å². The van der Waals surface area contributed by atoms with Gasteiger partial charge in [0, 0.05) is 0 Å². The van der Waals surface area contributed by atoms with E-state index < -0.39 is 22.7 Å². The van der Waals surface area contributed by atoms with Gasteiger partial charge in [-0.15, -0.1) is 0 Å². The average Bonchev–Trinajstić information content (AvgIpc) is 1.53. The molecule has 0 aliphatic rings. The Labute approximate surface area is 70.3 Å². The SMILES string of the molecule is C[S+]([O-])CC(=O)OC(C)(C)C. The van der Waals surface area contributed by atoms with Crippen LogP contribution in [-0.2, 0) is 20.7 Å². The maximum atomic E-state index is 10.9. The molecule has 0 saturated heterocycles. The van der Waals surface area contributed by atoms with E-state index in [9.17, 15) is 9.35 Å². The highest BCUT2D eigenvalue weighted by atomic mass is 32.2. The summed E-state index contributed by atoms with van der Waals surface area (Å²) in [6, 6.07) is 0. The maximum Gasteiger partial charge on any atom is 0.356 e. The van der Waals surface area contributed by atoms with Gasteiger partial charge >= 0.3 is 5.97 Å². The molecule has 0 aliphatic heterocycles. The predicted octanol–water partition coefficient (Wildman–Crippen LogP) is 0.707. The van der Waals surface area contributed by atoms with Crippen LogP contribution in [0.2, 0.25) is 0 Å². The van der Waals surface area contributed by atoms with Crippen LogP contribution in [0.1, 0.15) is 20.8 Å². The molecule has 0 aromatic rings. The average molecular weight is 178 g/mol. The quantitative estimate of drug-likeness (QED) is 0.462. The van der Waals surface area contributed by atoms with E-state index in [0.29, 0.717) is 0 Å². The second kappa shape index (κ2) is 3.97. The van der Waals surface area contributed by atoms with Crippen LogP contribution >= 0.6 is 0 Å². The monoisotopic (exact) mass is 178 g/mol. The number of carbonyl (C=O) groups is 1. The molecule has 11 heavy (non-hydrogen) atoms. The first-order valence-electron chi connectivity index (χ1n) is 3.33. The van der Waals surface area contributed by atoms with Gasteiger partial charge in [0.1, 0.15) is 5.60 Å². The smallest absolute Gasteiger partial charge is 0.356 e. The summed E-state index contributed by atoms with van der Waals surface area (Å²) in [4.78, 5) is 10.9. The van der Waals surface area contributed by atoms with Crippen molar-refractivity contribution >= 4 is 17.1 Å². The van der Waals surface area contributed by atoms with Crippen LogP contribution in [0.4, 0.5) is 0 Å². The van der Waals surface area contributed by atoms with Crippen LogP contribution in [0.3, 0.4) is 0 Å². The molecule has 0 saturated carbocycles. The topological polar surface area (TPSA) is 49.4 Å². The fraction of sp³-hybridized carbons (Fsp3) is 0.857. The molecule has 0 aromatic carbocycles. The van der Waals surface area contributed by atoms with Crippen molar-refractivity contribution in [1.29, 1.82) is 0 Å². The summed E-state index contributed by atoms with van der Waals surface area (Å²) in [6.07, 6.45) is 1.48. The number of hydrogen-bond acceptors (Lipinski definition) is 3. The van der Waals surface area contributed by atoms with E-state index in [2.05, 4.69) is 0 Å². The standard InChI is InChI=1S/C7H14O3S/c1-7(2,3)10-6(8)5-11(4)9/h5H2,1-4H3. The molecule has 0 radical (unpaired) electrons. The molecule has 4 heteroatoms. The van der Waals surface area contributed by atoms with Crippen LogP contribution in [0.25, 0.3) is 0 Å². The van der Waals surface area contributed by atoms with Crippen LogP contribution in [0.15, 0.2) is 0 Å². The highest BCUT2D eigenvalue weighted by Crippen LogP contribution is 2.07. The Hall–Kier alpha value is -0.220. The molecule has 0 spiro atoms. The van der Waals surface area contributed by atoms with E-state index in [1.807, 2.05) is 0 Å². The first-order valence-corrected chi connectivity index (χ1v) is 5.06. The number of carbonyl (C=O) groups excluding carboxylic acids is 1. The van der Waals surface area contributed by atoms with Gasteiger partial charge < -0.3 is 9.29 Å². The van der Waals surface area contributed by atoms with E-state index in [0.717, 1.165) is 0 Å². The lowest BCUT2D eigenvalue weighted by Gasteiger charge is -2.19. The Bertz CT molecular complexity index is 137. The molecule has 0 fully saturated rings. The van der Waals surface area contributed by atoms with Gasteiger partial charge in [-0.1, -0.05) is 0 Å². The molecule has 0 aromatic heterocycles. The predicted molar refractivity (Wildman–Crippen MR) is 44.8 cm³/mol. The van der Waals surface area contributed by atoms with E-state index in [4.69, 9.17) is 4.74 Å². The molecule has 1 unspecified atom stereocenters. The molecule has 0 heterocycles. The van der Waals surface area contributed by atoms with Crippen LogP contribution < -0.4 is 0 Å². The van der Waals surface area contributed by atoms with E-state index in [1.54, 1.807) is 20.8 Å². The fourth-order valence-electron chi connectivity index (χ4n) is 0.537. The van der Waals surface area contributed by atoms with Crippen molar-refractivity contribution < 1.29 is 14.1 Å². The molecular weight excluding hydrogens is 164 g/mol.